The van der Waals surface area contributed by atoms with Crippen LogP contribution in [0, 0.1) is 34.5 Å². The van der Waals surface area contributed by atoms with E-state index >= 15 is 0 Å². The van der Waals surface area contributed by atoms with Gasteiger partial charge < -0.3 is 52.8 Å². The molecule has 2 N–H and O–H groups in total. The van der Waals surface area contributed by atoms with E-state index in [2.05, 4.69) is 41.5 Å². The number of cyclic esters (lactones) is 2. The van der Waals surface area contributed by atoms with Gasteiger partial charge in [0.05, 0.1) is 17.8 Å². The lowest BCUT2D eigenvalue weighted by Crippen LogP contribution is -2.69. The van der Waals surface area contributed by atoms with Crippen LogP contribution in [0.2, 0.25) is 0 Å². The molecule has 0 unspecified atom stereocenters. The van der Waals surface area contributed by atoms with Gasteiger partial charge in [0.2, 0.25) is 0 Å². The van der Waals surface area contributed by atoms with Crippen molar-refractivity contribution < 1.29 is 67.2 Å². The average molecular weight is 929 g/mol. The summed E-state index contributed by atoms with van der Waals surface area (Å²) in [5.74, 6) is -0.176. The summed E-state index contributed by atoms with van der Waals surface area (Å²) in [7, 11) is 0. The normalized spacial score (nSPS) is 51.6. The maximum absolute atomic E-state index is 13.4. The molecule has 14 heteroatoms. The summed E-state index contributed by atoms with van der Waals surface area (Å²) in [5.41, 5.74) is -0.0122. The number of benzene rings is 2. The van der Waals surface area contributed by atoms with E-state index < -0.39 is 63.2 Å². The van der Waals surface area contributed by atoms with Crippen molar-refractivity contribution in [3.63, 3.8) is 0 Å². The number of carbonyl (C=O) groups excluding carboxylic acids is 3. The molecule has 2 aromatic carbocycles. The van der Waals surface area contributed by atoms with Crippen LogP contribution in [0.1, 0.15) is 96.0 Å². The Hall–Kier alpha value is -4.25. The van der Waals surface area contributed by atoms with E-state index in [0.717, 1.165) is 36.0 Å². The van der Waals surface area contributed by atoms with Crippen molar-refractivity contribution in [1.82, 2.24) is 0 Å². The molecule has 6 saturated heterocycles. The Morgan fingerprint density at radius 1 is 0.647 bits per heavy atom. The number of fused-ring (bicyclic) bond motifs is 8. The maximum Gasteiger partial charge on any atom is 0.343 e. The lowest BCUT2D eigenvalue weighted by molar-refractivity contribution is -0.136. The SMILES string of the molecule is CC(C)[C@]12O[C@H]1[C@@H]1O[C@]13[C@]1(O[C@H]1C[C@H]1C4=C(CC[C@@]13C)C(=O)O/C4=C(/OC(=O)c1ccccc1)c1ccccc1)[C@@H]2O.CC(C)[C@]12O[C@H]1[C@@H]1O[C@]13[C@]1(O[C@H]1C[C@H]1C4=C(CC[C@@]13C)C(=O)OC4)[C@@H]2O. The number of allylic oxidation sites excluding steroid dienone is 1. The summed E-state index contributed by atoms with van der Waals surface area (Å²) in [6, 6.07) is 18.1. The zero-order valence-corrected chi connectivity index (χ0v) is 38.9. The number of ether oxygens (including phenoxy) is 9. The smallest absolute Gasteiger partial charge is 0.343 e. The summed E-state index contributed by atoms with van der Waals surface area (Å²) >= 11 is 0. The molecule has 0 radical (unpaired) electrons. The van der Waals surface area contributed by atoms with Gasteiger partial charge in [0, 0.05) is 33.1 Å². The lowest BCUT2D eigenvalue weighted by Gasteiger charge is -2.53. The minimum Gasteiger partial charge on any atom is -0.458 e. The van der Waals surface area contributed by atoms with Crippen molar-refractivity contribution in [1.29, 1.82) is 0 Å². The molecule has 14 nitrogen and oxygen atoms in total. The number of rotatable bonds is 5. The molecule has 4 spiro atoms. The third kappa shape index (κ3) is 4.28. The quantitative estimate of drug-likeness (QED) is 0.167. The van der Waals surface area contributed by atoms with E-state index in [9.17, 15) is 24.6 Å². The zero-order valence-electron chi connectivity index (χ0n) is 38.9. The van der Waals surface area contributed by atoms with Gasteiger partial charge in [0.1, 0.15) is 65.6 Å². The standard InChI is InChI=1S/C34H32O8.C20H24O6/c1-17(2)32-26(41-32)27-34(42-27)31(3)15-14-20-23(21(31)16-22-33(34,40-22)30(32)37)25(39-29(20)36)24(18-10-6-4-7-11-18)38-28(35)19-12-8-5-9-13-19;1-8(2)18-13(25-18)14-20(26-14)17(3)5-4-9-10(7-23-15(9)21)11(17)6-12-19(20,24-12)16(18)22/h4-13,17,21-22,26-27,30,37H,14-16H2,1-3H3;8,11-14,16,22H,4-7H2,1-3H3/b25-24+;/t21-,22-,26-,27-,30+,31-,32-,33+,34+;11-,12-,13-,14-,16+,17-,18-,19+,20+/m00/s1. The van der Waals surface area contributed by atoms with Crippen LogP contribution >= 0.6 is 0 Å². The number of esters is 3. The highest BCUT2D eigenvalue weighted by Gasteiger charge is 3.02. The fourth-order valence-corrected chi connectivity index (χ4v) is 17.1. The van der Waals surface area contributed by atoms with Gasteiger partial charge in [-0.2, -0.15) is 0 Å². The molecule has 4 saturated carbocycles. The Balaban J connectivity index is 0.000000138. The molecule has 18 atom stereocenters. The predicted molar refractivity (Wildman–Crippen MR) is 235 cm³/mol. The topological polar surface area (TPSA) is 195 Å². The molecule has 0 bridgehead atoms. The van der Waals surface area contributed by atoms with Crippen molar-refractivity contribution in [2.75, 3.05) is 6.61 Å². The van der Waals surface area contributed by atoms with Crippen LogP contribution in [-0.4, -0.2) is 117 Å². The molecular formula is C54H56O14. The van der Waals surface area contributed by atoms with Gasteiger partial charge in [-0.25, -0.2) is 14.4 Å². The van der Waals surface area contributed by atoms with E-state index in [1.165, 1.54) is 0 Å². The molecule has 16 rings (SSSR count). The van der Waals surface area contributed by atoms with Crippen LogP contribution < -0.4 is 0 Å². The predicted octanol–water partition coefficient (Wildman–Crippen LogP) is 5.43. The van der Waals surface area contributed by atoms with Gasteiger partial charge in [-0.1, -0.05) is 90.1 Å². The Labute approximate surface area is 393 Å². The molecular weight excluding hydrogens is 873 g/mol. The number of aliphatic hydroxyl groups excluding tert-OH is 2. The van der Waals surface area contributed by atoms with Gasteiger partial charge in [0.15, 0.2) is 22.7 Å². The monoisotopic (exact) mass is 928 g/mol. The second kappa shape index (κ2) is 12.4. The summed E-state index contributed by atoms with van der Waals surface area (Å²) < 4.78 is 56.0. The van der Waals surface area contributed by atoms with Gasteiger partial charge in [-0.05, 0) is 79.9 Å². The number of aliphatic hydroxyl groups is 2. The summed E-state index contributed by atoms with van der Waals surface area (Å²) in [4.78, 5) is 38.8. The van der Waals surface area contributed by atoms with Crippen molar-refractivity contribution in [2.24, 2.45) is 34.5 Å². The highest BCUT2D eigenvalue weighted by Crippen LogP contribution is 2.85. The number of hydrogen-bond acceptors (Lipinski definition) is 14. The molecule has 68 heavy (non-hydrogen) atoms. The van der Waals surface area contributed by atoms with Crippen LogP contribution in [-0.2, 0) is 52.2 Å². The van der Waals surface area contributed by atoms with Gasteiger partial charge in [-0.15, -0.1) is 0 Å². The van der Waals surface area contributed by atoms with Crippen LogP contribution in [0.15, 0.2) is 88.7 Å². The van der Waals surface area contributed by atoms with Gasteiger partial charge >= 0.3 is 17.9 Å². The molecule has 0 amide bonds. The summed E-state index contributed by atoms with van der Waals surface area (Å²) in [6.45, 7) is 13.3. The molecule has 10 fully saturated rings. The van der Waals surface area contributed by atoms with Gasteiger partial charge in [-0.3, -0.25) is 0 Å². The Morgan fingerprint density at radius 2 is 1.16 bits per heavy atom. The number of hydrogen-bond donors (Lipinski definition) is 2. The van der Waals surface area contributed by atoms with E-state index in [1.54, 1.807) is 24.3 Å². The van der Waals surface area contributed by atoms with Crippen LogP contribution in [0.4, 0.5) is 0 Å². The van der Waals surface area contributed by atoms with Crippen LogP contribution in [0.25, 0.3) is 5.76 Å². The van der Waals surface area contributed by atoms with Gasteiger partial charge in [0.25, 0.3) is 0 Å². The van der Waals surface area contributed by atoms with E-state index in [4.69, 9.17) is 42.6 Å². The van der Waals surface area contributed by atoms with E-state index in [0.29, 0.717) is 48.3 Å². The molecule has 0 aromatic heterocycles. The van der Waals surface area contributed by atoms with E-state index in [1.807, 2.05) is 36.4 Å². The minimum absolute atomic E-state index is 0.00808. The Bertz CT molecular complexity index is 2800. The Kier molecular flexibility index (Phi) is 7.59. The zero-order chi connectivity index (χ0) is 46.7. The lowest BCUT2D eigenvalue weighted by atomic mass is 9.46. The fraction of sp³-hybridized carbons (Fsp3) is 0.611. The first kappa shape index (κ1) is 41.5. The molecule has 2 aromatic rings. The highest BCUT2D eigenvalue weighted by atomic mass is 16.8. The molecule has 356 valence electrons. The second-order valence-electron chi connectivity index (χ2n) is 23.3. The van der Waals surface area contributed by atoms with Crippen molar-refractivity contribution in [3.05, 3.63) is 99.8 Å². The Morgan fingerprint density at radius 3 is 1.72 bits per heavy atom. The largest absolute Gasteiger partial charge is 0.458 e. The van der Waals surface area contributed by atoms with Crippen molar-refractivity contribution in [3.8, 4) is 0 Å². The summed E-state index contributed by atoms with van der Waals surface area (Å²) in [5, 5.41) is 23.3. The van der Waals surface area contributed by atoms with E-state index in [-0.39, 0.29) is 77.4 Å². The molecule has 8 heterocycles. The first-order valence-electron chi connectivity index (χ1n) is 24.9. The first-order valence-corrected chi connectivity index (χ1v) is 24.9. The number of epoxide rings is 6. The highest BCUT2D eigenvalue weighted by molar-refractivity contribution is 5.99. The van der Waals surface area contributed by atoms with Crippen molar-refractivity contribution in [2.45, 2.75) is 163 Å². The minimum atomic E-state index is -0.826. The molecule has 14 aliphatic rings. The first-order chi connectivity index (χ1) is 32.5. The third-order valence-corrected chi connectivity index (χ3v) is 20.6. The molecule has 8 aliphatic heterocycles. The fourth-order valence-electron chi connectivity index (χ4n) is 17.1. The molecule has 6 aliphatic carbocycles. The summed E-state index contributed by atoms with van der Waals surface area (Å²) in [6.07, 6.45) is 2.08. The van der Waals surface area contributed by atoms with Crippen LogP contribution in [0.3, 0.4) is 0 Å². The van der Waals surface area contributed by atoms with Crippen LogP contribution in [0.5, 0.6) is 0 Å². The average Bonchev–Trinajstić information content (AvgIpc) is 4.07. The maximum atomic E-state index is 13.4. The third-order valence-electron chi connectivity index (χ3n) is 20.6. The van der Waals surface area contributed by atoms with Crippen molar-refractivity contribution >= 4 is 23.7 Å². The second-order valence-corrected chi connectivity index (χ2v) is 23.3. The number of carbonyl (C=O) groups is 3.